The van der Waals surface area contributed by atoms with Crippen LogP contribution in [0.5, 0.6) is 0 Å². The molecule has 2 fully saturated rings. The summed E-state index contributed by atoms with van der Waals surface area (Å²) in [5, 5.41) is 9.29. The van der Waals surface area contributed by atoms with Crippen molar-refractivity contribution in [3.8, 4) is 0 Å². The summed E-state index contributed by atoms with van der Waals surface area (Å²) < 4.78 is 5.49. The van der Waals surface area contributed by atoms with E-state index in [0.29, 0.717) is 21.9 Å². The van der Waals surface area contributed by atoms with Crippen LogP contribution in [0.15, 0.2) is 42.6 Å². The smallest absolute Gasteiger partial charge is 0.410 e. The van der Waals surface area contributed by atoms with Crippen molar-refractivity contribution < 1.29 is 9.53 Å². The lowest BCUT2D eigenvalue weighted by molar-refractivity contribution is 0.0997. The molecule has 1 N–H and O–H groups in total. The van der Waals surface area contributed by atoms with Crippen LogP contribution in [0.3, 0.4) is 0 Å². The number of carbonyl (C=O) groups excluding carboxylic acids is 1. The van der Waals surface area contributed by atoms with Gasteiger partial charge in [-0.25, -0.2) is 4.79 Å². The predicted molar refractivity (Wildman–Crippen MR) is 117 cm³/mol. The van der Waals surface area contributed by atoms with Gasteiger partial charge in [0.2, 0.25) is 0 Å². The average molecular weight is 445 g/mol. The number of nitrogens with one attached hydrogen (secondary N) is 1. The summed E-state index contributed by atoms with van der Waals surface area (Å²) in [5.41, 5.74) is 3.15. The van der Waals surface area contributed by atoms with E-state index < -0.39 is 0 Å². The molecular formula is C22H22Cl2N4O2. The highest BCUT2D eigenvalue weighted by atomic mass is 35.5. The third-order valence-electron chi connectivity index (χ3n) is 6.02. The number of carbonyl (C=O) groups is 1. The number of ether oxygens (including phenoxy) is 1. The summed E-state index contributed by atoms with van der Waals surface area (Å²) in [6.45, 7) is 4.60. The maximum absolute atomic E-state index is 12.5. The highest BCUT2D eigenvalue weighted by Gasteiger charge is 2.41. The Bertz CT molecular complexity index is 1050. The van der Waals surface area contributed by atoms with Gasteiger partial charge in [0, 0.05) is 48.2 Å². The van der Waals surface area contributed by atoms with Gasteiger partial charge in [-0.3, -0.25) is 10.00 Å². The van der Waals surface area contributed by atoms with Gasteiger partial charge < -0.3 is 9.64 Å². The molecule has 0 spiro atoms. The molecule has 0 radical (unpaired) electrons. The quantitative estimate of drug-likeness (QED) is 0.639. The number of hydrogen-bond donors (Lipinski definition) is 1. The Kier molecular flexibility index (Phi) is 5.31. The van der Waals surface area contributed by atoms with Gasteiger partial charge in [-0.2, -0.15) is 5.10 Å². The molecule has 0 saturated carbocycles. The van der Waals surface area contributed by atoms with Crippen molar-refractivity contribution in [1.82, 2.24) is 20.0 Å². The lowest BCUT2D eigenvalue weighted by Gasteiger charge is -2.21. The standard InChI is InChI=1S/C22H22Cl2N4O2/c23-19-4-15(5-20(24)6-19)13-30-22(29)28-11-17-9-27(10-18(17)12-28)8-14-1-2-21-16(3-14)7-25-26-21/h1-7,17-18H,8-13H2,(H,25,26)/t17-,18+. The Morgan fingerprint density at radius 3 is 2.50 bits per heavy atom. The number of H-pyrrole nitrogens is 1. The maximum Gasteiger partial charge on any atom is 0.410 e. The Balaban J connectivity index is 1.13. The number of halogens is 2. The molecule has 5 rings (SSSR count). The first-order valence-corrected chi connectivity index (χ1v) is 10.8. The summed E-state index contributed by atoms with van der Waals surface area (Å²) >= 11 is 12.0. The Morgan fingerprint density at radius 2 is 1.77 bits per heavy atom. The molecule has 6 nitrogen and oxygen atoms in total. The van der Waals surface area contributed by atoms with E-state index in [-0.39, 0.29) is 12.7 Å². The molecule has 2 aromatic carbocycles. The van der Waals surface area contributed by atoms with Crippen molar-refractivity contribution in [2.45, 2.75) is 13.2 Å². The first-order chi connectivity index (χ1) is 14.5. The number of rotatable bonds is 4. The zero-order chi connectivity index (χ0) is 20.7. The van der Waals surface area contributed by atoms with Gasteiger partial charge in [-0.15, -0.1) is 0 Å². The summed E-state index contributed by atoms with van der Waals surface area (Å²) in [5.74, 6) is 0.992. The molecule has 2 aliphatic rings. The number of likely N-dealkylation sites (tertiary alicyclic amines) is 2. The van der Waals surface area contributed by atoms with E-state index in [0.717, 1.165) is 49.2 Å². The van der Waals surface area contributed by atoms with Crippen LogP contribution < -0.4 is 0 Å². The van der Waals surface area contributed by atoms with Gasteiger partial charge in [-0.05, 0) is 53.3 Å². The highest BCUT2D eigenvalue weighted by Crippen LogP contribution is 2.32. The highest BCUT2D eigenvalue weighted by molar-refractivity contribution is 6.34. The predicted octanol–water partition coefficient (Wildman–Crippen LogP) is 4.57. The zero-order valence-electron chi connectivity index (χ0n) is 16.4. The number of benzene rings is 2. The Morgan fingerprint density at radius 1 is 1.03 bits per heavy atom. The third kappa shape index (κ3) is 4.13. The van der Waals surface area contributed by atoms with Crippen LogP contribution in [0, 0.1) is 11.8 Å². The van der Waals surface area contributed by atoms with Gasteiger partial charge in [0.05, 0.1) is 11.7 Å². The molecule has 1 aromatic heterocycles. The normalized spacial score (nSPS) is 21.3. The fourth-order valence-electron chi connectivity index (χ4n) is 4.65. The van der Waals surface area contributed by atoms with Gasteiger partial charge in [0.1, 0.15) is 6.61 Å². The lowest BCUT2D eigenvalue weighted by Crippen LogP contribution is -2.33. The molecule has 0 unspecified atom stereocenters. The van der Waals surface area contributed by atoms with Gasteiger partial charge in [-0.1, -0.05) is 29.3 Å². The molecule has 0 aliphatic carbocycles. The minimum atomic E-state index is -0.266. The van der Waals surface area contributed by atoms with Crippen LogP contribution >= 0.6 is 23.2 Å². The molecule has 1 amide bonds. The van der Waals surface area contributed by atoms with Crippen molar-refractivity contribution in [3.63, 3.8) is 0 Å². The first kappa shape index (κ1) is 19.7. The number of hydrogen-bond acceptors (Lipinski definition) is 4. The van der Waals surface area contributed by atoms with E-state index in [1.807, 2.05) is 11.1 Å². The molecule has 8 heteroatoms. The van der Waals surface area contributed by atoms with Gasteiger partial charge in [0.15, 0.2) is 0 Å². The Labute approximate surface area is 184 Å². The van der Waals surface area contributed by atoms with Gasteiger partial charge >= 0.3 is 6.09 Å². The topological polar surface area (TPSA) is 61.5 Å². The minimum Gasteiger partial charge on any atom is -0.445 e. The van der Waals surface area contributed by atoms with Crippen LogP contribution in [0.1, 0.15) is 11.1 Å². The van der Waals surface area contributed by atoms with E-state index in [9.17, 15) is 4.79 Å². The van der Waals surface area contributed by atoms with Crippen LogP contribution in [-0.4, -0.2) is 52.3 Å². The minimum absolute atomic E-state index is 0.174. The van der Waals surface area contributed by atoms with E-state index in [4.69, 9.17) is 27.9 Å². The second kappa shape index (κ2) is 8.10. The summed E-state index contributed by atoms with van der Waals surface area (Å²) in [6, 6.07) is 11.6. The lowest BCUT2D eigenvalue weighted by atomic mass is 10.0. The fraction of sp³-hybridized carbons (Fsp3) is 0.364. The number of fused-ring (bicyclic) bond motifs is 2. The monoisotopic (exact) mass is 444 g/mol. The second-order valence-electron chi connectivity index (χ2n) is 8.24. The summed E-state index contributed by atoms with van der Waals surface area (Å²) in [7, 11) is 0. The molecule has 2 atom stereocenters. The van der Waals surface area contributed by atoms with E-state index in [2.05, 4.69) is 33.3 Å². The van der Waals surface area contributed by atoms with E-state index in [1.54, 1.807) is 18.2 Å². The SMILES string of the molecule is O=C(OCc1cc(Cl)cc(Cl)c1)N1C[C@H]2CN(Cc3ccc4[nH]ncc4c3)C[C@H]2C1. The van der Waals surface area contributed by atoms with Crippen LogP contribution in [0.4, 0.5) is 4.79 Å². The van der Waals surface area contributed by atoms with Crippen LogP contribution in [0.25, 0.3) is 10.9 Å². The van der Waals surface area contributed by atoms with Crippen molar-refractivity contribution >= 4 is 40.2 Å². The maximum atomic E-state index is 12.5. The molecule has 3 heterocycles. The number of aromatic nitrogens is 2. The number of nitrogens with zero attached hydrogens (tertiary/aromatic N) is 3. The average Bonchev–Trinajstić information content (AvgIpc) is 3.39. The molecular weight excluding hydrogens is 423 g/mol. The number of aromatic amines is 1. The van der Waals surface area contributed by atoms with E-state index in [1.165, 1.54) is 5.56 Å². The molecule has 30 heavy (non-hydrogen) atoms. The summed E-state index contributed by atoms with van der Waals surface area (Å²) in [6.07, 6.45) is 1.59. The van der Waals surface area contributed by atoms with Crippen molar-refractivity contribution in [2.75, 3.05) is 26.2 Å². The largest absolute Gasteiger partial charge is 0.445 e. The molecule has 2 aliphatic heterocycles. The van der Waals surface area contributed by atoms with Crippen LogP contribution in [-0.2, 0) is 17.9 Å². The van der Waals surface area contributed by atoms with Gasteiger partial charge in [0.25, 0.3) is 0 Å². The van der Waals surface area contributed by atoms with Crippen molar-refractivity contribution in [1.29, 1.82) is 0 Å². The molecule has 0 bridgehead atoms. The Hall–Kier alpha value is -2.28. The van der Waals surface area contributed by atoms with E-state index >= 15 is 0 Å². The molecule has 2 saturated heterocycles. The van der Waals surface area contributed by atoms with Crippen molar-refractivity contribution in [2.24, 2.45) is 11.8 Å². The molecule has 3 aromatic rings. The zero-order valence-corrected chi connectivity index (χ0v) is 17.9. The van der Waals surface area contributed by atoms with Crippen molar-refractivity contribution in [3.05, 3.63) is 63.8 Å². The third-order valence-corrected chi connectivity index (χ3v) is 6.45. The first-order valence-electron chi connectivity index (χ1n) is 10.0. The second-order valence-corrected chi connectivity index (χ2v) is 9.12. The van der Waals surface area contributed by atoms with Crippen LogP contribution in [0.2, 0.25) is 10.0 Å². The number of amides is 1. The fourth-order valence-corrected chi connectivity index (χ4v) is 5.22. The molecule has 156 valence electrons. The summed E-state index contributed by atoms with van der Waals surface area (Å²) in [4.78, 5) is 16.8.